The Balaban J connectivity index is 1.61. The Morgan fingerprint density at radius 1 is 1.09 bits per heavy atom. The largest absolute Gasteiger partial charge is 0.434 e. The lowest BCUT2D eigenvalue weighted by Crippen LogP contribution is -2.53. The first kappa shape index (κ1) is 24.4. The summed E-state index contributed by atoms with van der Waals surface area (Å²) in [5.74, 6) is 2.33. The number of hydrogen-bond acceptors (Lipinski definition) is 5. The van der Waals surface area contributed by atoms with Crippen LogP contribution in [0.5, 0.6) is 0 Å². The number of anilines is 1. The van der Waals surface area contributed by atoms with Gasteiger partial charge in [0.15, 0.2) is 5.69 Å². The Bertz CT molecular complexity index is 1160. The Morgan fingerprint density at radius 3 is 2.38 bits per heavy atom. The van der Waals surface area contributed by atoms with Crippen LogP contribution in [0.2, 0.25) is 0 Å². The zero-order valence-corrected chi connectivity index (χ0v) is 18.9. The van der Waals surface area contributed by atoms with Crippen LogP contribution in [0.25, 0.3) is 0 Å². The van der Waals surface area contributed by atoms with Crippen molar-refractivity contribution >= 4 is 27.1 Å². The molecule has 2 saturated heterocycles. The number of hydrogen-bond donors (Lipinski definition) is 0. The highest BCUT2D eigenvalue weighted by molar-refractivity contribution is 8.00. The average molecular weight is 503 g/mol. The van der Waals surface area contributed by atoms with Crippen molar-refractivity contribution in [3.05, 3.63) is 53.5 Å². The van der Waals surface area contributed by atoms with Crippen LogP contribution < -0.4 is 4.90 Å². The summed E-state index contributed by atoms with van der Waals surface area (Å²) in [5, 5.41) is 0. The lowest BCUT2D eigenvalue weighted by Gasteiger charge is -2.44. The minimum Gasteiger partial charge on any atom is -0.351 e. The zero-order valence-electron chi connectivity index (χ0n) is 18.1. The Kier molecular flexibility index (Phi) is 6.54. The van der Waals surface area contributed by atoms with Gasteiger partial charge in [0.25, 0.3) is 0 Å². The highest BCUT2D eigenvalue weighted by atomic mass is 32.2. The molecule has 6 nitrogen and oxygen atoms in total. The maximum atomic E-state index is 14.7. The van der Waals surface area contributed by atoms with Gasteiger partial charge in [0.1, 0.15) is 17.5 Å². The van der Waals surface area contributed by atoms with E-state index in [1.807, 2.05) is 0 Å². The smallest absolute Gasteiger partial charge is 0.351 e. The minimum atomic E-state index is -4.63. The summed E-state index contributed by atoms with van der Waals surface area (Å²) in [6, 6.07) is 2.27. The molecule has 1 aromatic carbocycles. The van der Waals surface area contributed by atoms with Crippen molar-refractivity contribution in [2.24, 2.45) is 5.92 Å². The van der Waals surface area contributed by atoms with E-state index in [4.69, 9.17) is 0 Å². The zero-order chi connectivity index (χ0) is 24.7. The molecular weight excluding hydrogens is 479 g/mol. The Hall–Kier alpha value is -2.76. The number of carbonyl (C=O) groups is 1. The molecule has 0 aliphatic carbocycles. The molecule has 0 spiro atoms. The van der Waals surface area contributed by atoms with E-state index < -0.39 is 39.1 Å². The van der Waals surface area contributed by atoms with Gasteiger partial charge in [-0.1, -0.05) is 6.07 Å². The second-order valence-electron chi connectivity index (χ2n) is 8.57. The number of piperazine rings is 1. The van der Waals surface area contributed by atoms with Gasteiger partial charge in [-0.3, -0.25) is 9.00 Å². The molecule has 34 heavy (non-hydrogen) atoms. The molecule has 2 fully saturated rings. The van der Waals surface area contributed by atoms with Gasteiger partial charge in [0.2, 0.25) is 5.91 Å². The van der Waals surface area contributed by atoms with Crippen molar-refractivity contribution in [3.8, 4) is 0 Å². The number of rotatable bonds is 3. The molecule has 184 valence electrons. The second-order valence-corrected chi connectivity index (χ2v) is 11.3. The maximum Gasteiger partial charge on any atom is 0.434 e. The first-order valence-electron chi connectivity index (χ1n) is 10.7. The van der Waals surface area contributed by atoms with Gasteiger partial charge in [0, 0.05) is 48.7 Å². The number of nitrogens with zero attached hydrogens (tertiary/aromatic N) is 4. The fraction of sp³-hybridized carbons (Fsp3) is 0.455. The molecule has 0 bridgehead atoms. The van der Waals surface area contributed by atoms with E-state index in [9.17, 15) is 31.0 Å². The van der Waals surface area contributed by atoms with Crippen molar-refractivity contribution in [2.75, 3.05) is 36.0 Å². The van der Waals surface area contributed by atoms with Crippen LogP contribution in [-0.4, -0.2) is 62.0 Å². The van der Waals surface area contributed by atoms with Crippen molar-refractivity contribution in [2.45, 2.75) is 25.1 Å². The van der Waals surface area contributed by atoms with Crippen LogP contribution >= 0.6 is 0 Å². The van der Waals surface area contributed by atoms with E-state index in [0.717, 1.165) is 18.3 Å². The Morgan fingerprint density at radius 2 is 1.79 bits per heavy atom. The van der Waals surface area contributed by atoms with Crippen LogP contribution in [-0.2, 0) is 20.5 Å². The van der Waals surface area contributed by atoms with Gasteiger partial charge in [-0.2, -0.15) is 13.2 Å². The van der Waals surface area contributed by atoms with Crippen molar-refractivity contribution in [1.29, 1.82) is 0 Å². The molecule has 2 aliphatic heterocycles. The quantitative estimate of drug-likeness (QED) is 0.476. The number of alkyl halides is 3. The highest BCUT2D eigenvalue weighted by Crippen LogP contribution is 2.33. The first-order chi connectivity index (χ1) is 15.9. The van der Waals surface area contributed by atoms with Crippen molar-refractivity contribution < 1.29 is 31.0 Å². The predicted molar refractivity (Wildman–Crippen MR) is 118 cm³/mol. The number of halogens is 5. The van der Waals surface area contributed by atoms with Crippen LogP contribution in [0, 0.1) is 17.6 Å². The van der Waals surface area contributed by atoms with E-state index in [0.29, 0.717) is 30.5 Å². The van der Waals surface area contributed by atoms with E-state index in [1.54, 1.807) is 4.90 Å². The molecular formula is C22H23F5N4O2S. The summed E-state index contributed by atoms with van der Waals surface area (Å²) in [4.78, 5) is 23.8. The lowest BCUT2D eigenvalue weighted by molar-refractivity contribution is -0.141. The molecule has 0 saturated carbocycles. The monoisotopic (exact) mass is 502 g/mol. The molecule has 12 heteroatoms. The molecule has 2 aromatic rings. The molecule has 0 N–H and O–H groups in total. The fourth-order valence-electron chi connectivity index (χ4n) is 4.37. The van der Waals surface area contributed by atoms with Gasteiger partial charge in [0.05, 0.1) is 18.4 Å². The SMILES string of the molecule is C=S1(=O)CCC(C(=O)N2CCN(c3cnc(C(F)(F)F)cn3)CC2c2ccc(F)cc2F)CC1. The van der Waals surface area contributed by atoms with Crippen molar-refractivity contribution in [1.82, 2.24) is 14.9 Å². The van der Waals surface area contributed by atoms with Gasteiger partial charge < -0.3 is 9.80 Å². The Labute approximate surface area is 193 Å². The van der Waals surface area contributed by atoms with Crippen molar-refractivity contribution in [3.63, 3.8) is 0 Å². The highest BCUT2D eigenvalue weighted by Gasteiger charge is 2.38. The van der Waals surface area contributed by atoms with E-state index >= 15 is 0 Å². The molecule has 4 rings (SSSR count). The summed E-state index contributed by atoms with van der Waals surface area (Å²) >= 11 is 0. The average Bonchev–Trinajstić information content (AvgIpc) is 2.78. The van der Waals surface area contributed by atoms with E-state index in [2.05, 4.69) is 15.8 Å². The van der Waals surface area contributed by atoms with Gasteiger partial charge in [-0.25, -0.2) is 18.7 Å². The number of amides is 1. The van der Waals surface area contributed by atoms with Crippen LogP contribution in [0.3, 0.4) is 0 Å². The first-order valence-corrected chi connectivity index (χ1v) is 12.7. The maximum absolute atomic E-state index is 14.7. The number of carbonyl (C=O) groups excluding carboxylic acids is 1. The fourth-order valence-corrected chi connectivity index (χ4v) is 6.00. The topological polar surface area (TPSA) is 66.4 Å². The van der Waals surface area contributed by atoms with Crippen LogP contribution in [0.15, 0.2) is 30.6 Å². The lowest BCUT2D eigenvalue weighted by atomic mass is 9.96. The van der Waals surface area contributed by atoms with Gasteiger partial charge in [-0.15, -0.1) is 0 Å². The summed E-state index contributed by atoms with van der Waals surface area (Å²) < 4.78 is 79.0. The number of benzene rings is 1. The molecule has 1 aromatic heterocycles. The summed E-state index contributed by atoms with van der Waals surface area (Å²) in [5.41, 5.74) is -1.04. The summed E-state index contributed by atoms with van der Waals surface area (Å²) in [6.45, 7) is 0.427. The normalized spacial score (nSPS) is 25.9. The molecule has 1 unspecified atom stereocenters. The second kappa shape index (κ2) is 9.12. The van der Waals surface area contributed by atoms with Gasteiger partial charge in [-0.05, 0) is 34.3 Å². The molecule has 1 amide bonds. The third kappa shape index (κ3) is 5.16. The van der Waals surface area contributed by atoms with Crippen LogP contribution in [0.4, 0.5) is 27.8 Å². The third-order valence-corrected chi connectivity index (χ3v) is 8.22. The summed E-state index contributed by atoms with van der Waals surface area (Å²) in [6.07, 6.45) is -2.20. The van der Waals surface area contributed by atoms with E-state index in [-0.39, 0.29) is 42.8 Å². The van der Waals surface area contributed by atoms with Gasteiger partial charge >= 0.3 is 6.18 Å². The minimum absolute atomic E-state index is 0.0349. The predicted octanol–water partition coefficient (Wildman–Crippen LogP) is 3.29. The molecule has 1 atom stereocenters. The molecule has 3 heterocycles. The molecule has 2 aliphatic rings. The van der Waals surface area contributed by atoms with Crippen LogP contribution in [0.1, 0.15) is 30.1 Å². The number of aromatic nitrogens is 2. The summed E-state index contributed by atoms with van der Waals surface area (Å²) in [7, 11) is -2.19. The standard InChI is InChI=1S/C22H23F5N4O2S/c1-34(33)8-4-14(5-9-34)21(32)31-7-6-30(20-12-28-19(11-29-20)22(25,26)27)13-18(31)16-3-2-15(23)10-17(16)24/h2-3,10-12,14,18H,1,4-9,13H2. The van der Waals surface area contributed by atoms with E-state index in [1.165, 1.54) is 11.0 Å². The third-order valence-electron chi connectivity index (χ3n) is 6.26. The molecule has 0 radical (unpaired) electrons.